The minimum atomic E-state index is -0.602. The first-order chi connectivity index (χ1) is 15.5. The summed E-state index contributed by atoms with van der Waals surface area (Å²) < 4.78 is 0. The molecule has 1 aliphatic heterocycles. The van der Waals surface area contributed by atoms with Crippen LogP contribution in [0.2, 0.25) is 0 Å². The third kappa shape index (κ3) is 4.55. The van der Waals surface area contributed by atoms with Gasteiger partial charge >= 0.3 is 0 Å². The molecule has 0 bridgehead atoms. The molecule has 2 unspecified atom stereocenters. The predicted octanol–water partition coefficient (Wildman–Crippen LogP) is 5.16. The largest absolute Gasteiger partial charge is 0.390 e. The number of fused-ring (bicyclic) bond motifs is 1. The standard InChI is InChI=1S/C29H31NO2/c1-21-7-5-10-23(13-21)24-11-6-12-25(14-24)28(31)20-30-18-26-16-29(32,17-27(26)19-30)15-22-8-3-2-4-9-22/h2-14,26-27,32H,15-20H2,1H3. The molecule has 0 radical (unpaired) electrons. The molecule has 0 spiro atoms. The van der Waals surface area contributed by atoms with Crippen molar-refractivity contribution in [2.45, 2.75) is 31.8 Å². The van der Waals surface area contributed by atoms with Gasteiger partial charge < -0.3 is 5.11 Å². The smallest absolute Gasteiger partial charge is 0.176 e. The zero-order valence-corrected chi connectivity index (χ0v) is 18.7. The fourth-order valence-corrected chi connectivity index (χ4v) is 5.80. The van der Waals surface area contributed by atoms with Crippen LogP contribution >= 0.6 is 0 Å². The number of carbonyl (C=O) groups excluding carboxylic acids is 1. The fraction of sp³-hybridized carbons (Fsp3) is 0.345. The van der Waals surface area contributed by atoms with E-state index in [1.807, 2.05) is 36.4 Å². The molecule has 3 nitrogen and oxygen atoms in total. The molecule has 3 heteroatoms. The molecule has 1 saturated carbocycles. The summed E-state index contributed by atoms with van der Waals surface area (Å²) in [5, 5.41) is 11.2. The van der Waals surface area contributed by atoms with Crippen molar-refractivity contribution in [1.82, 2.24) is 4.90 Å². The molecule has 0 amide bonds. The number of ketones is 1. The van der Waals surface area contributed by atoms with Crippen LogP contribution in [0.3, 0.4) is 0 Å². The summed E-state index contributed by atoms with van der Waals surface area (Å²) in [6, 6.07) is 26.7. The number of benzene rings is 3. The van der Waals surface area contributed by atoms with Crippen LogP contribution in [0.15, 0.2) is 78.9 Å². The van der Waals surface area contributed by atoms with Gasteiger partial charge in [0.1, 0.15) is 0 Å². The van der Waals surface area contributed by atoms with Crippen molar-refractivity contribution in [2.24, 2.45) is 11.8 Å². The van der Waals surface area contributed by atoms with Gasteiger partial charge in [-0.1, -0.05) is 78.4 Å². The van der Waals surface area contributed by atoms with Crippen LogP contribution < -0.4 is 0 Å². The number of likely N-dealkylation sites (tertiary alicyclic amines) is 1. The maximum atomic E-state index is 13.0. The first-order valence-corrected chi connectivity index (χ1v) is 11.7. The number of rotatable bonds is 6. The van der Waals surface area contributed by atoms with Gasteiger partial charge in [0.05, 0.1) is 12.1 Å². The lowest BCUT2D eigenvalue weighted by molar-refractivity contribution is 0.0355. The second kappa shape index (κ2) is 8.65. The highest BCUT2D eigenvalue weighted by atomic mass is 16.3. The maximum absolute atomic E-state index is 13.0. The van der Waals surface area contributed by atoms with E-state index in [-0.39, 0.29) is 5.78 Å². The Kier molecular flexibility index (Phi) is 5.71. The zero-order valence-electron chi connectivity index (χ0n) is 18.7. The van der Waals surface area contributed by atoms with Crippen molar-refractivity contribution in [3.8, 4) is 11.1 Å². The van der Waals surface area contributed by atoms with Crippen molar-refractivity contribution < 1.29 is 9.90 Å². The molecule has 2 atom stereocenters. The summed E-state index contributed by atoms with van der Waals surface area (Å²) >= 11 is 0. The monoisotopic (exact) mass is 425 g/mol. The lowest BCUT2D eigenvalue weighted by atomic mass is 9.91. The molecule has 1 heterocycles. The molecule has 1 saturated heterocycles. The summed E-state index contributed by atoms with van der Waals surface area (Å²) in [5.74, 6) is 1.14. The Labute approximate surface area is 190 Å². The van der Waals surface area contributed by atoms with Crippen LogP contribution in [0.1, 0.15) is 34.3 Å². The molecule has 0 aromatic heterocycles. The van der Waals surface area contributed by atoms with Crippen molar-refractivity contribution in [2.75, 3.05) is 19.6 Å². The van der Waals surface area contributed by atoms with E-state index in [1.54, 1.807) is 0 Å². The van der Waals surface area contributed by atoms with E-state index in [4.69, 9.17) is 0 Å². The van der Waals surface area contributed by atoms with Crippen LogP contribution in [0.4, 0.5) is 0 Å². The molecular weight excluding hydrogens is 394 g/mol. The summed E-state index contributed by atoms with van der Waals surface area (Å²) in [4.78, 5) is 15.3. The quantitative estimate of drug-likeness (QED) is 0.555. The lowest BCUT2D eigenvalue weighted by Gasteiger charge is -2.26. The van der Waals surface area contributed by atoms with Crippen LogP contribution in [-0.4, -0.2) is 41.0 Å². The predicted molar refractivity (Wildman–Crippen MR) is 129 cm³/mol. The fourth-order valence-electron chi connectivity index (χ4n) is 5.80. The van der Waals surface area contributed by atoms with Gasteiger partial charge in [0.2, 0.25) is 0 Å². The minimum Gasteiger partial charge on any atom is -0.390 e. The third-order valence-electron chi connectivity index (χ3n) is 7.22. The lowest BCUT2D eigenvalue weighted by Crippen LogP contribution is -2.34. The number of hydrogen-bond acceptors (Lipinski definition) is 3. The highest BCUT2D eigenvalue weighted by molar-refractivity contribution is 5.98. The molecule has 32 heavy (non-hydrogen) atoms. The van der Waals surface area contributed by atoms with Gasteiger partial charge in [0, 0.05) is 25.1 Å². The zero-order chi connectivity index (χ0) is 22.1. The molecule has 1 N–H and O–H groups in total. The summed E-state index contributed by atoms with van der Waals surface area (Å²) in [6.45, 7) is 4.36. The summed E-state index contributed by atoms with van der Waals surface area (Å²) in [5.41, 5.74) is 4.83. The van der Waals surface area contributed by atoms with E-state index in [1.165, 1.54) is 11.1 Å². The van der Waals surface area contributed by atoms with Gasteiger partial charge in [0.25, 0.3) is 0 Å². The van der Waals surface area contributed by atoms with Crippen LogP contribution in [0.5, 0.6) is 0 Å². The third-order valence-corrected chi connectivity index (χ3v) is 7.22. The Hall–Kier alpha value is -2.75. The van der Waals surface area contributed by atoms with Crippen molar-refractivity contribution in [3.05, 3.63) is 95.6 Å². The Bertz CT molecular complexity index is 1090. The molecule has 3 aromatic rings. The van der Waals surface area contributed by atoms with Gasteiger partial charge in [-0.05, 0) is 54.4 Å². The van der Waals surface area contributed by atoms with Crippen LogP contribution in [0, 0.1) is 18.8 Å². The van der Waals surface area contributed by atoms with Crippen molar-refractivity contribution >= 4 is 5.78 Å². The van der Waals surface area contributed by atoms with E-state index >= 15 is 0 Å². The molecule has 1 aliphatic carbocycles. The first kappa shape index (κ1) is 21.1. The SMILES string of the molecule is Cc1cccc(-c2cccc(C(=O)CN3CC4CC(O)(Cc5ccccc5)CC4C3)c2)c1. The van der Waals surface area contributed by atoms with Crippen molar-refractivity contribution in [3.63, 3.8) is 0 Å². The normalized spacial score (nSPS) is 25.1. The Balaban J connectivity index is 1.20. The molecule has 3 aromatic carbocycles. The van der Waals surface area contributed by atoms with E-state index < -0.39 is 5.60 Å². The van der Waals surface area contributed by atoms with Crippen LogP contribution in [0.25, 0.3) is 11.1 Å². The number of carbonyl (C=O) groups is 1. The Morgan fingerprint density at radius 2 is 1.56 bits per heavy atom. The number of aliphatic hydroxyl groups is 1. The Morgan fingerprint density at radius 1 is 0.906 bits per heavy atom. The second-order valence-electron chi connectivity index (χ2n) is 9.88. The molecule has 2 fully saturated rings. The minimum absolute atomic E-state index is 0.180. The molecule has 5 rings (SSSR count). The topological polar surface area (TPSA) is 40.5 Å². The summed E-state index contributed by atoms with van der Waals surface area (Å²) in [7, 11) is 0. The second-order valence-corrected chi connectivity index (χ2v) is 9.88. The maximum Gasteiger partial charge on any atom is 0.176 e. The highest BCUT2D eigenvalue weighted by Crippen LogP contribution is 2.45. The van der Waals surface area contributed by atoms with Gasteiger partial charge in [-0.15, -0.1) is 0 Å². The van der Waals surface area contributed by atoms with E-state index in [9.17, 15) is 9.90 Å². The average molecular weight is 426 g/mol. The first-order valence-electron chi connectivity index (χ1n) is 11.7. The van der Waals surface area contributed by atoms with Gasteiger partial charge in [-0.2, -0.15) is 0 Å². The van der Waals surface area contributed by atoms with Gasteiger partial charge in [0.15, 0.2) is 5.78 Å². The number of hydrogen-bond donors (Lipinski definition) is 1. The van der Waals surface area contributed by atoms with Gasteiger partial charge in [-0.25, -0.2) is 0 Å². The molecule has 2 aliphatic rings. The van der Waals surface area contributed by atoms with Crippen molar-refractivity contribution in [1.29, 1.82) is 0 Å². The van der Waals surface area contributed by atoms with Crippen LogP contribution in [-0.2, 0) is 6.42 Å². The molecule has 164 valence electrons. The van der Waals surface area contributed by atoms with E-state index in [0.717, 1.165) is 49.0 Å². The summed E-state index contributed by atoms with van der Waals surface area (Å²) in [6.07, 6.45) is 2.39. The molecular formula is C29H31NO2. The number of aryl methyl sites for hydroxylation is 1. The Morgan fingerprint density at radius 3 is 2.25 bits per heavy atom. The average Bonchev–Trinajstić information content (AvgIpc) is 3.28. The van der Waals surface area contributed by atoms with E-state index in [0.29, 0.717) is 18.4 Å². The number of Topliss-reactive ketones (excluding diaryl/α,β-unsaturated/α-hetero) is 1. The number of nitrogens with zero attached hydrogens (tertiary/aromatic N) is 1. The highest BCUT2D eigenvalue weighted by Gasteiger charge is 2.48. The van der Waals surface area contributed by atoms with E-state index in [2.05, 4.69) is 54.3 Å². The van der Waals surface area contributed by atoms with Gasteiger partial charge in [-0.3, -0.25) is 9.69 Å².